The molecule has 0 aliphatic rings. The Bertz CT molecular complexity index is 2810. The van der Waals surface area contributed by atoms with Crippen LogP contribution in [0.3, 0.4) is 0 Å². The number of nitrogens with zero attached hydrogens (tertiary/aromatic N) is 3. The van der Waals surface area contributed by atoms with Gasteiger partial charge in [0, 0.05) is 27.6 Å². The lowest BCUT2D eigenvalue weighted by atomic mass is 9.84. The average Bonchev–Trinajstić information content (AvgIpc) is 3.95. The van der Waals surface area contributed by atoms with Crippen LogP contribution in [0.1, 0.15) is 0 Å². The van der Waals surface area contributed by atoms with Crippen molar-refractivity contribution < 1.29 is 8.83 Å². The predicted molar refractivity (Wildman–Crippen MR) is 198 cm³/mol. The lowest BCUT2D eigenvalue weighted by molar-refractivity contribution is 0.574. The number of hydrogen-bond donors (Lipinski definition) is 0. The molecule has 0 spiro atoms. The van der Waals surface area contributed by atoms with Gasteiger partial charge in [0.2, 0.25) is 11.8 Å². The summed E-state index contributed by atoms with van der Waals surface area (Å²) in [7, 11) is 0. The van der Waals surface area contributed by atoms with Crippen LogP contribution >= 0.6 is 0 Å². The Morgan fingerprint density at radius 3 is 1.51 bits per heavy atom. The topological polar surface area (TPSA) is 57.0 Å². The smallest absolute Gasteiger partial charge is 0.225 e. The first kappa shape index (κ1) is 27.4. The largest absolute Gasteiger partial charge is 0.445 e. The summed E-state index contributed by atoms with van der Waals surface area (Å²) in [4.78, 5) is 8.91. The van der Waals surface area contributed by atoms with E-state index >= 15 is 0 Å². The maximum absolute atomic E-state index is 5.73. The van der Waals surface area contributed by atoms with Gasteiger partial charge in [-0.25, -0.2) is 9.97 Å². The van der Waals surface area contributed by atoms with Gasteiger partial charge in [0.1, 0.15) is 12.5 Å². The van der Waals surface area contributed by atoms with Crippen molar-refractivity contribution >= 4 is 43.4 Å². The molecule has 0 saturated heterocycles. The molecule has 3 aromatic heterocycles. The molecule has 0 atom stereocenters. The Hall–Kier alpha value is -6.72. The van der Waals surface area contributed by atoms with Crippen LogP contribution < -0.4 is 0 Å². The van der Waals surface area contributed by atoms with Crippen LogP contribution in [-0.4, -0.2) is 14.5 Å². The van der Waals surface area contributed by atoms with Crippen molar-refractivity contribution in [3.05, 3.63) is 164 Å². The molecular formula is C44H27N3O2. The van der Waals surface area contributed by atoms with Crippen molar-refractivity contribution in [3.8, 4) is 50.8 Å². The van der Waals surface area contributed by atoms with E-state index in [1.165, 1.54) is 38.2 Å². The molecule has 10 aromatic rings. The minimum absolute atomic E-state index is 0.599. The normalized spacial score (nSPS) is 11.7. The first-order chi connectivity index (χ1) is 24.3. The van der Waals surface area contributed by atoms with Crippen LogP contribution in [0, 0.1) is 0 Å². The third-order valence-corrected chi connectivity index (χ3v) is 9.49. The van der Waals surface area contributed by atoms with Crippen molar-refractivity contribution in [1.29, 1.82) is 0 Å². The van der Waals surface area contributed by atoms with E-state index in [4.69, 9.17) is 8.83 Å². The molecule has 5 heteroatoms. The number of para-hydroxylation sites is 2. The summed E-state index contributed by atoms with van der Waals surface area (Å²) in [6.07, 6.45) is 6.61. The summed E-state index contributed by atoms with van der Waals surface area (Å²) < 4.78 is 13.8. The summed E-state index contributed by atoms with van der Waals surface area (Å²) >= 11 is 0. The van der Waals surface area contributed by atoms with Gasteiger partial charge in [0.25, 0.3) is 0 Å². The number of fused-ring (bicyclic) bond motifs is 5. The Labute approximate surface area is 281 Å². The third kappa shape index (κ3) is 4.33. The van der Waals surface area contributed by atoms with Gasteiger partial charge in [-0.2, -0.15) is 0 Å². The van der Waals surface area contributed by atoms with E-state index in [2.05, 4.69) is 142 Å². The fourth-order valence-corrected chi connectivity index (χ4v) is 7.46. The molecule has 0 aliphatic heterocycles. The Balaban J connectivity index is 1.38. The molecule has 7 aromatic carbocycles. The highest BCUT2D eigenvalue weighted by atomic mass is 16.3. The van der Waals surface area contributed by atoms with Gasteiger partial charge in [-0.05, 0) is 98.4 Å². The zero-order chi connectivity index (χ0) is 32.3. The standard InChI is InChI=1S/C44H27N3O2/c1-2-14-32(15-3-1)47-39-19-7-6-16-33(39)36-26-37-38(27-40(36)47)42(29-11-9-13-31(25-29)44-46-21-23-49-44)35-18-5-4-17-34(35)41(37)28-10-8-12-30(24-28)43-45-20-22-48-43/h1-27H. The number of aromatic nitrogens is 3. The highest BCUT2D eigenvalue weighted by Crippen LogP contribution is 2.47. The summed E-state index contributed by atoms with van der Waals surface area (Å²) in [5.74, 6) is 1.20. The SMILES string of the molecule is c1ccc(-n2c3ccccc3c3cc4c(-c5cccc(-c6ncco6)c5)c5ccccc5c(-c5cccc(-c6ncco6)c5)c4cc32)cc1. The van der Waals surface area contributed by atoms with Gasteiger partial charge in [-0.3, -0.25) is 0 Å². The van der Waals surface area contributed by atoms with Crippen LogP contribution in [-0.2, 0) is 0 Å². The van der Waals surface area contributed by atoms with Crippen molar-refractivity contribution in [1.82, 2.24) is 14.5 Å². The monoisotopic (exact) mass is 629 g/mol. The highest BCUT2D eigenvalue weighted by Gasteiger charge is 2.21. The lowest BCUT2D eigenvalue weighted by Crippen LogP contribution is -1.95. The molecule has 49 heavy (non-hydrogen) atoms. The Kier molecular flexibility index (Phi) is 6.11. The van der Waals surface area contributed by atoms with Crippen LogP contribution in [0.15, 0.2) is 173 Å². The van der Waals surface area contributed by atoms with Gasteiger partial charge < -0.3 is 13.4 Å². The molecule has 230 valence electrons. The summed E-state index contributed by atoms with van der Waals surface area (Å²) in [6.45, 7) is 0. The van der Waals surface area contributed by atoms with Gasteiger partial charge in [0.05, 0.1) is 23.4 Å². The van der Waals surface area contributed by atoms with Crippen LogP contribution in [0.25, 0.3) is 94.2 Å². The zero-order valence-electron chi connectivity index (χ0n) is 26.2. The van der Waals surface area contributed by atoms with Gasteiger partial charge in [0.15, 0.2) is 0 Å². The minimum atomic E-state index is 0.599. The van der Waals surface area contributed by atoms with Crippen molar-refractivity contribution in [2.75, 3.05) is 0 Å². The second kappa shape index (κ2) is 10.9. The number of benzene rings is 7. The molecule has 3 heterocycles. The van der Waals surface area contributed by atoms with Gasteiger partial charge >= 0.3 is 0 Å². The fourth-order valence-electron chi connectivity index (χ4n) is 7.46. The Morgan fingerprint density at radius 1 is 0.388 bits per heavy atom. The van der Waals surface area contributed by atoms with E-state index in [1.807, 2.05) is 12.1 Å². The maximum atomic E-state index is 5.73. The predicted octanol–water partition coefficient (Wildman–Crippen LogP) is 11.7. The second-order valence-corrected chi connectivity index (χ2v) is 12.2. The van der Waals surface area contributed by atoms with Gasteiger partial charge in [-0.15, -0.1) is 0 Å². The molecule has 0 unspecified atom stereocenters. The van der Waals surface area contributed by atoms with Gasteiger partial charge in [-0.1, -0.05) is 84.9 Å². The summed E-state index contributed by atoms with van der Waals surface area (Å²) in [5, 5.41) is 7.07. The first-order valence-electron chi connectivity index (χ1n) is 16.3. The fraction of sp³-hybridized carbons (Fsp3) is 0. The van der Waals surface area contributed by atoms with Crippen molar-refractivity contribution in [2.24, 2.45) is 0 Å². The third-order valence-electron chi connectivity index (χ3n) is 9.49. The molecule has 0 aliphatic carbocycles. The van der Waals surface area contributed by atoms with E-state index in [1.54, 1.807) is 24.9 Å². The van der Waals surface area contributed by atoms with Crippen LogP contribution in [0.4, 0.5) is 0 Å². The van der Waals surface area contributed by atoms with E-state index in [-0.39, 0.29) is 0 Å². The molecule has 0 bridgehead atoms. The average molecular weight is 630 g/mol. The highest BCUT2D eigenvalue weighted by molar-refractivity contribution is 6.25. The number of rotatable bonds is 5. The molecule has 0 fully saturated rings. The molecular weight excluding hydrogens is 603 g/mol. The number of hydrogen-bond acceptors (Lipinski definition) is 4. The van der Waals surface area contributed by atoms with E-state index < -0.39 is 0 Å². The summed E-state index contributed by atoms with van der Waals surface area (Å²) in [6, 6.07) is 49.8. The molecule has 10 rings (SSSR count). The lowest BCUT2D eigenvalue weighted by Gasteiger charge is -2.19. The van der Waals surface area contributed by atoms with E-state index in [0.29, 0.717) is 11.8 Å². The Morgan fingerprint density at radius 2 is 0.918 bits per heavy atom. The second-order valence-electron chi connectivity index (χ2n) is 12.2. The summed E-state index contributed by atoms with van der Waals surface area (Å²) in [5.41, 5.74) is 9.85. The minimum Gasteiger partial charge on any atom is -0.445 e. The number of oxazole rings is 2. The molecule has 5 nitrogen and oxygen atoms in total. The molecule has 0 saturated carbocycles. The quantitative estimate of drug-likeness (QED) is 0.178. The molecule has 0 N–H and O–H groups in total. The molecule has 0 radical (unpaired) electrons. The first-order valence-corrected chi connectivity index (χ1v) is 16.3. The van der Waals surface area contributed by atoms with Crippen LogP contribution in [0.2, 0.25) is 0 Å². The van der Waals surface area contributed by atoms with E-state index in [9.17, 15) is 0 Å². The maximum Gasteiger partial charge on any atom is 0.225 e. The van der Waals surface area contributed by atoms with E-state index in [0.717, 1.165) is 44.2 Å². The van der Waals surface area contributed by atoms with Crippen LogP contribution in [0.5, 0.6) is 0 Å². The van der Waals surface area contributed by atoms with Crippen molar-refractivity contribution in [3.63, 3.8) is 0 Å². The zero-order valence-corrected chi connectivity index (χ0v) is 26.2. The molecule has 0 amide bonds. The van der Waals surface area contributed by atoms with Crippen molar-refractivity contribution in [2.45, 2.75) is 0 Å².